The van der Waals surface area contributed by atoms with Crippen molar-refractivity contribution in [3.8, 4) is 5.75 Å². The molecule has 2 nitrogen and oxygen atoms in total. The van der Waals surface area contributed by atoms with Crippen molar-refractivity contribution in [1.82, 2.24) is 0 Å². The van der Waals surface area contributed by atoms with Gasteiger partial charge in [0.1, 0.15) is 5.75 Å². The molecule has 2 rings (SSSR count). The molecule has 0 bridgehead atoms. The summed E-state index contributed by atoms with van der Waals surface area (Å²) in [5, 5.41) is 4.14. The number of hydrogen-bond donors (Lipinski definition) is 1. The Morgan fingerprint density at radius 3 is 2.58 bits per heavy atom. The highest BCUT2D eigenvalue weighted by Crippen LogP contribution is 2.31. The second-order valence-corrected chi connectivity index (χ2v) is 4.79. The smallest absolute Gasteiger partial charge is 0.142 e. The molecule has 3 heteroatoms. The summed E-state index contributed by atoms with van der Waals surface area (Å²) in [6.45, 7) is 4.72. The van der Waals surface area contributed by atoms with Crippen LogP contribution in [0.4, 0.5) is 5.69 Å². The van der Waals surface area contributed by atoms with Gasteiger partial charge < -0.3 is 10.1 Å². The average molecular weight is 276 g/mol. The number of nitrogens with one attached hydrogen (secondary N) is 1. The fourth-order valence-electron chi connectivity index (χ4n) is 1.95. The zero-order chi connectivity index (χ0) is 13.7. The van der Waals surface area contributed by atoms with Crippen LogP contribution in [0.2, 0.25) is 5.02 Å². The Morgan fingerprint density at radius 2 is 1.89 bits per heavy atom. The molecule has 1 unspecified atom stereocenters. The zero-order valence-corrected chi connectivity index (χ0v) is 11.9. The van der Waals surface area contributed by atoms with Gasteiger partial charge in [-0.2, -0.15) is 0 Å². The molecular weight excluding hydrogens is 258 g/mol. The first-order valence-corrected chi connectivity index (χ1v) is 6.82. The second kappa shape index (κ2) is 6.48. The molecule has 0 radical (unpaired) electrons. The van der Waals surface area contributed by atoms with Crippen molar-refractivity contribution >= 4 is 17.3 Å². The van der Waals surface area contributed by atoms with Gasteiger partial charge in [0.05, 0.1) is 12.3 Å². The molecule has 0 aromatic heterocycles. The lowest BCUT2D eigenvalue weighted by Crippen LogP contribution is -2.08. The van der Waals surface area contributed by atoms with Gasteiger partial charge in [0.15, 0.2) is 0 Å². The Labute approximate surface area is 119 Å². The molecule has 0 spiro atoms. The topological polar surface area (TPSA) is 21.3 Å². The largest absolute Gasteiger partial charge is 0.492 e. The third kappa shape index (κ3) is 3.65. The van der Waals surface area contributed by atoms with Gasteiger partial charge in [-0.1, -0.05) is 41.9 Å². The molecule has 0 fully saturated rings. The summed E-state index contributed by atoms with van der Waals surface area (Å²) in [7, 11) is 0. The molecule has 0 aliphatic carbocycles. The maximum atomic E-state index is 6.05. The van der Waals surface area contributed by atoms with E-state index in [9.17, 15) is 0 Å². The number of rotatable bonds is 5. The van der Waals surface area contributed by atoms with Gasteiger partial charge in [0, 0.05) is 11.1 Å². The minimum atomic E-state index is 0.193. The van der Waals surface area contributed by atoms with E-state index in [0.717, 1.165) is 11.4 Å². The summed E-state index contributed by atoms with van der Waals surface area (Å²) in [6, 6.07) is 16.1. The van der Waals surface area contributed by atoms with E-state index >= 15 is 0 Å². The van der Waals surface area contributed by atoms with Crippen molar-refractivity contribution in [2.45, 2.75) is 19.9 Å². The molecule has 0 aliphatic rings. The zero-order valence-electron chi connectivity index (χ0n) is 11.2. The normalized spacial score (nSPS) is 11.9. The number of benzene rings is 2. The standard InChI is InChI=1S/C16H18ClNO/c1-3-19-16-10-9-14(17)11-15(16)18-12(2)13-7-5-4-6-8-13/h4-12,18H,3H2,1-2H3. The maximum Gasteiger partial charge on any atom is 0.142 e. The van der Waals surface area contributed by atoms with Gasteiger partial charge in [-0.05, 0) is 37.6 Å². The predicted octanol–water partition coefficient (Wildman–Crippen LogP) is 4.91. The molecule has 0 heterocycles. The van der Waals surface area contributed by atoms with Crippen LogP contribution in [-0.4, -0.2) is 6.61 Å². The fourth-order valence-corrected chi connectivity index (χ4v) is 2.13. The summed E-state index contributed by atoms with van der Waals surface area (Å²) in [5.41, 5.74) is 2.15. The molecular formula is C16H18ClNO. The summed E-state index contributed by atoms with van der Waals surface area (Å²) < 4.78 is 5.61. The minimum Gasteiger partial charge on any atom is -0.492 e. The lowest BCUT2D eigenvalue weighted by Gasteiger charge is -2.18. The molecule has 2 aromatic rings. The van der Waals surface area contributed by atoms with Crippen molar-refractivity contribution < 1.29 is 4.74 Å². The highest BCUT2D eigenvalue weighted by atomic mass is 35.5. The van der Waals surface area contributed by atoms with Gasteiger partial charge in [-0.15, -0.1) is 0 Å². The lowest BCUT2D eigenvalue weighted by atomic mass is 10.1. The van der Waals surface area contributed by atoms with Gasteiger partial charge in [0.25, 0.3) is 0 Å². The average Bonchev–Trinajstić information content (AvgIpc) is 2.43. The number of halogens is 1. The number of anilines is 1. The van der Waals surface area contributed by atoms with Crippen LogP contribution < -0.4 is 10.1 Å². The van der Waals surface area contributed by atoms with Crippen LogP contribution in [0.25, 0.3) is 0 Å². The van der Waals surface area contributed by atoms with Crippen molar-refractivity contribution in [3.63, 3.8) is 0 Å². The first-order valence-electron chi connectivity index (χ1n) is 6.44. The first kappa shape index (κ1) is 13.8. The van der Waals surface area contributed by atoms with Crippen LogP contribution in [0.5, 0.6) is 5.75 Å². The number of ether oxygens (including phenoxy) is 1. The Morgan fingerprint density at radius 1 is 1.16 bits per heavy atom. The number of hydrogen-bond acceptors (Lipinski definition) is 2. The van der Waals surface area contributed by atoms with Crippen molar-refractivity contribution in [2.24, 2.45) is 0 Å². The molecule has 0 aliphatic heterocycles. The summed E-state index contributed by atoms with van der Waals surface area (Å²) in [4.78, 5) is 0. The van der Waals surface area contributed by atoms with Crippen molar-refractivity contribution in [3.05, 3.63) is 59.1 Å². The Balaban J connectivity index is 2.20. The van der Waals surface area contributed by atoms with E-state index in [1.165, 1.54) is 5.56 Å². The van der Waals surface area contributed by atoms with E-state index in [0.29, 0.717) is 11.6 Å². The first-order chi connectivity index (χ1) is 9.20. The van der Waals surface area contributed by atoms with Gasteiger partial charge >= 0.3 is 0 Å². The van der Waals surface area contributed by atoms with Crippen LogP contribution in [0.3, 0.4) is 0 Å². The van der Waals surface area contributed by atoms with Crippen LogP contribution in [0.15, 0.2) is 48.5 Å². The lowest BCUT2D eigenvalue weighted by molar-refractivity contribution is 0.341. The summed E-state index contributed by atoms with van der Waals surface area (Å²) >= 11 is 6.05. The van der Waals surface area contributed by atoms with E-state index < -0.39 is 0 Å². The quantitative estimate of drug-likeness (QED) is 0.837. The minimum absolute atomic E-state index is 0.193. The summed E-state index contributed by atoms with van der Waals surface area (Å²) in [6.07, 6.45) is 0. The Kier molecular flexibility index (Phi) is 4.69. The second-order valence-electron chi connectivity index (χ2n) is 4.35. The molecule has 0 amide bonds. The third-order valence-electron chi connectivity index (χ3n) is 2.91. The van der Waals surface area contributed by atoms with Crippen LogP contribution >= 0.6 is 11.6 Å². The van der Waals surface area contributed by atoms with Crippen molar-refractivity contribution in [1.29, 1.82) is 0 Å². The van der Waals surface area contributed by atoms with Gasteiger partial charge in [-0.3, -0.25) is 0 Å². The van der Waals surface area contributed by atoms with Gasteiger partial charge in [-0.25, -0.2) is 0 Å². The monoisotopic (exact) mass is 275 g/mol. The highest BCUT2D eigenvalue weighted by molar-refractivity contribution is 6.30. The molecule has 2 aromatic carbocycles. The van der Waals surface area contributed by atoms with Gasteiger partial charge in [0.2, 0.25) is 0 Å². The van der Waals surface area contributed by atoms with E-state index in [2.05, 4.69) is 24.4 Å². The van der Waals surface area contributed by atoms with E-state index in [-0.39, 0.29) is 6.04 Å². The molecule has 1 N–H and O–H groups in total. The third-order valence-corrected chi connectivity index (χ3v) is 3.15. The van der Waals surface area contributed by atoms with E-state index in [1.807, 2.05) is 43.3 Å². The van der Waals surface area contributed by atoms with Crippen LogP contribution in [-0.2, 0) is 0 Å². The van der Waals surface area contributed by atoms with E-state index in [1.54, 1.807) is 0 Å². The fraction of sp³-hybridized carbons (Fsp3) is 0.250. The molecule has 0 saturated heterocycles. The van der Waals surface area contributed by atoms with Crippen molar-refractivity contribution in [2.75, 3.05) is 11.9 Å². The molecule has 0 saturated carbocycles. The molecule has 1 atom stereocenters. The predicted molar refractivity (Wildman–Crippen MR) is 81.1 cm³/mol. The Hall–Kier alpha value is -1.67. The molecule has 19 heavy (non-hydrogen) atoms. The van der Waals surface area contributed by atoms with Crippen LogP contribution in [0, 0.1) is 0 Å². The molecule has 100 valence electrons. The maximum absolute atomic E-state index is 6.05. The Bertz CT molecular complexity index is 528. The van der Waals surface area contributed by atoms with E-state index in [4.69, 9.17) is 16.3 Å². The SMILES string of the molecule is CCOc1ccc(Cl)cc1NC(C)c1ccccc1. The highest BCUT2D eigenvalue weighted by Gasteiger charge is 2.09. The summed E-state index contributed by atoms with van der Waals surface area (Å²) in [5.74, 6) is 0.828. The van der Waals surface area contributed by atoms with Crippen LogP contribution in [0.1, 0.15) is 25.5 Å².